The Hall–Kier alpha value is -0.420. The Morgan fingerprint density at radius 1 is 1.58 bits per heavy atom. The highest BCUT2D eigenvalue weighted by Gasteiger charge is 2.03. The minimum atomic E-state index is -0.993. The van der Waals surface area contributed by atoms with Crippen LogP contribution in [0.1, 0.15) is 16.2 Å². The van der Waals surface area contributed by atoms with E-state index >= 15 is 0 Å². The molecule has 0 saturated heterocycles. The van der Waals surface area contributed by atoms with E-state index in [0.29, 0.717) is 5.33 Å². The molecule has 0 aliphatic carbocycles. The highest BCUT2D eigenvalue weighted by atomic mass is 79.9. The first-order valence-electron chi connectivity index (χ1n) is 2.99. The Morgan fingerprint density at radius 2 is 2.25 bits per heavy atom. The Bertz CT molecular complexity index is 278. The smallest absolute Gasteiger partial charge is 0.354 e. The van der Waals surface area contributed by atoms with E-state index in [1.807, 2.05) is 0 Å². The van der Waals surface area contributed by atoms with E-state index in [4.69, 9.17) is 5.11 Å². The van der Waals surface area contributed by atoms with Crippen LogP contribution in [-0.4, -0.2) is 16.1 Å². The van der Waals surface area contributed by atoms with Crippen molar-refractivity contribution in [2.24, 2.45) is 0 Å². The molecule has 1 heterocycles. The predicted octanol–water partition coefficient (Wildman–Crippen LogP) is 2.25. The molecule has 0 unspecified atom stereocenters. The van der Waals surface area contributed by atoms with E-state index in [-0.39, 0.29) is 22.7 Å². The van der Waals surface area contributed by atoms with E-state index in [1.54, 1.807) is 12.1 Å². The number of carboxylic acid groups (broad SMARTS) is 1. The van der Waals surface area contributed by atoms with Crippen LogP contribution in [0.2, 0.25) is 0 Å². The zero-order valence-corrected chi connectivity index (χ0v) is 9.33. The molecule has 1 aromatic rings. The maximum atomic E-state index is 10.4. The fourth-order valence-electron chi connectivity index (χ4n) is 0.673. The first kappa shape index (κ1) is 11.6. The lowest BCUT2D eigenvalue weighted by molar-refractivity contribution is 0.0690. The van der Waals surface area contributed by atoms with Gasteiger partial charge in [0.15, 0.2) is 0 Å². The number of alkyl halides is 1. The third-order valence-corrected chi connectivity index (χ3v) is 1.74. The standard InChI is InChI=1S/C7H6BrNO2.BrH/c8-4-5-2-1-3-6(9-5)7(10)11;/h1-3H,4H2,(H,10,11);1H. The van der Waals surface area contributed by atoms with Gasteiger partial charge >= 0.3 is 5.97 Å². The van der Waals surface area contributed by atoms with Gasteiger partial charge in [-0.3, -0.25) is 0 Å². The Balaban J connectivity index is 0.00000121. The monoisotopic (exact) mass is 295 g/mol. The predicted molar refractivity (Wildman–Crippen MR) is 54.1 cm³/mol. The van der Waals surface area contributed by atoms with Gasteiger partial charge in [-0.2, -0.15) is 0 Å². The summed E-state index contributed by atoms with van der Waals surface area (Å²) < 4.78 is 0. The second kappa shape index (κ2) is 5.27. The van der Waals surface area contributed by atoms with Crippen molar-refractivity contribution in [3.8, 4) is 0 Å². The highest BCUT2D eigenvalue weighted by molar-refractivity contribution is 9.08. The number of nitrogens with zero attached hydrogens (tertiary/aromatic N) is 1. The molecule has 1 rings (SSSR count). The SMILES string of the molecule is Br.O=C(O)c1cccc(CBr)n1. The number of halogens is 2. The molecule has 0 atom stereocenters. The van der Waals surface area contributed by atoms with Crippen LogP contribution in [-0.2, 0) is 5.33 Å². The average Bonchev–Trinajstić information content (AvgIpc) is 2.05. The van der Waals surface area contributed by atoms with Gasteiger partial charge in [-0.15, -0.1) is 17.0 Å². The van der Waals surface area contributed by atoms with Gasteiger partial charge < -0.3 is 5.11 Å². The van der Waals surface area contributed by atoms with Crippen molar-refractivity contribution in [2.45, 2.75) is 5.33 Å². The van der Waals surface area contributed by atoms with Crippen LogP contribution in [0.15, 0.2) is 18.2 Å². The van der Waals surface area contributed by atoms with Crippen molar-refractivity contribution in [3.63, 3.8) is 0 Å². The summed E-state index contributed by atoms with van der Waals surface area (Å²) in [4.78, 5) is 14.2. The summed E-state index contributed by atoms with van der Waals surface area (Å²) in [6.07, 6.45) is 0. The van der Waals surface area contributed by atoms with E-state index in [2.05, 4.69) is 20.9 Å². The summed E-state index contributed by atoms with van der Waals surface area (Å²) in [5.41, 5.74) is 0.812. The summed E-state index contributed by atoms with van der Waals surface area (Å²) in [7, 11) is 0. The molecular weight excluding hydrogens is 290 g/mol. The third kappa shape index (κ3) is 2.91. The Morgan fingerprint density at radius 3 is 2.75 bits per heavy atom. The minimum Gasteiger partial charge on any atom is -0.477 e. The van der Waals surface area contributed by atoms with Crippen LogP contribution < -0.4 is 0 Å². The Kier molecular flexibility index (Phi) is 5.08. The summed E-state index contributed by atoms with van der Waals surface area (Å²) in [6.45, 7) is 0. The van der Waals surface area contributed by atoms with Gasteiger partial charge in [0.1, 0.15) is 5.69 Å². The molecule has 66 valence electrons. The van der Waals surface area contributed by atoms with Crippen molar-refractivity contribution >= 4 is 38.9 Å². The van der Waals surface area contributed by atoms with E-state index < -0.39 is 5.97 Å². The van der Waals surface area contributed by atoms with Crippen molar-refractivity contribution < 1.29 is 9.90 Å². The summed E-state index contributed by atoms with van der Waals surface area (Å²) >= 11 is 3.19. The lowest BCUT2D eigenvalue weighted by atomic mass is 10.3. The summed E-state index contributed by atoms with van der Waals surface area (Å²) in [5, 5.41) is 9.10. The van der Waals surface area contributed by atoms with Gasteiger partial charge in [-0.05, 0) is 12.1 Å². The van der Waals surface area contributed by atoms with Gasteiger partial charge in [0.25, 0.3) is 0 Å². The molecule has 3 nitrogen and oxygen atoms in total. The van der Waals surface area contributed by atoms with Gasteiger partial charge in [0.2, 0.25) is 0 Å². The lowest BCUT2D eigenvalue weighted by Gasteiger charge is -1.95. The van der Waals surface area contributed by atoms with Crippen LogP contribution in [0, 0.1) is 0 Å². The number of aromatic nitrogens is 1. The van der Waals surface area contributed by atoms with Crippen molar-refractivity contribution in [1.29, 1.82) is 0 Å². The van der Waals surface area contributed by atoms with Gasteiger partial charge in [-0.1, -0.05) is 22.0 Å². The zero-order chi connectivity index (χ0) is 8.27. The number of hydrogen-bond acceptors (Lipinski definition) is 2. The minimum absolute atomic E-state index is 0. The van der Waals surface area contributed by atoms with E-state index in [0.717, 1.165) is 5.69 Å². The van der Waals surface area contributed by atoms with Crippen molar-refractivity contribution in [1.82, 2.24) is 4.98 Å². The van der Waals surface area contributed by atoms with Gasteiger partial charge in [-0.25, -0.2) is 9.78 Å². The van der Waals surface area contributed by atoms with Crippen LogP contribution in [0.3, 0.4) is 0 Å². The topological polar surface area (TPSA) is 50.2 Å². The molecule has 0 saturated carbocycles. The average molecular weight is 297 g/mol. The van der Waals surface area contributed by atoms with Gasteiger partial charge in [0, 0.05) is 5.33 Å². The number of pyridine rings is 1. The quantitative estimate of drug-likeness (QED) is 0.852. The molecule has 1 N–H and O–H groups in total. The zero-order valence-electron chi connectivity index (χ0n) is 6.03. The third-order valence-electron chi connectivity index (χ3n) is 1.16. The number of carbonyl (C=O) groups is 1. The highest BCUT2D eigenvalue weighted by Crippen LogP contribution is 2.03. The normalized spacial score (nSPS) is 8.75. The molecule has 12 heavy (non-hydrogen) atoms. The fourth-order valence-corrected chi connectivity index (χ4v) is 0.985. The summed E-state index contributed by atoms with van der Waals surface area (Å²) in [5.74, 6) is -0.993. The molecule has 0 amide bonds. The second-order valence-corrected chi connectivity index (χ2v) is 2.51. The van der Waals surface area contributed by atoms with Crippen LogP contribution in [0.4, 0.5) is 0 Å². The van der Waals surface area contributed by atoms with Crippen molar-refractivity contribution in [3.05, 3.63) is 29.6 Å². The number of carboxylic acids is 1. The molecular formula is C7H7Br2NO2. The molecule has 0 aliphatic heterocycles. The summed E-state index contributed by atoms with van der Waals surface area (Å²) in [6, 6.07) is 4.91. The molecule has 0 aliphatic rings. The molecule has 0 aromatic carbocycles. The van der Waals surface area contributed by atoms with Crippen LogP contribution >= 0.6 is 32.9 Å². The largest absolute Gasteiger partial charge is 0.477 e. The lowest BCUT2D eigenvalue weighted by Crippen LogP contribution is -2.01. The van der Waals surface area contributed by atoms with Crippen LogP contribution in [0.25, 0.3) is 0 Å². The van der Waals surface area contributed by atoms with E-state index in [9.17, 15) is 4.79 Å². The second-order valence-electron chi connectivity index (χ2n) is 1.95. The molecule has 0 bridgehead atoms. The molecule has 0 radical (unpaired) electrons. The molecule has 1 aromatic heterocycles. The molecule has 0 fully saturated rings. The van der Waals surface area contributed by atoms with E-state index in [1.165, 1.54) is 6.07 Å². The van der Waals surface area contributed by atoms with Gasteiger partial charge in [0.05, 0.1) is 5.69 Å². The Labute approximate surface area is 88.7 Å². The van der Waals surface area contributed by atoms with Crippen LogP contribution in [0.5, 0.6) is 0 Å². The van der Waals surface area contributed by atoms with Crippen molar-refractivity contribution in [2.75, 3.05) is 0 Å². The first-order chi connectivity index (χ1) is 5.24. The molecule has 0 spiro atoms. The maximum Gasteiger partial charge on any atom is 0.354 e. The number of aromatic carboxylic acids is 1. The molecule has 5 heteroatoms. The first-order valence-corrected chi connectivity index (χ1v) is 4.11. The maximum absolute atomic E-state index is 10.4. The fraction of sp³-hybridized carbons (Fsp3) is 0.143. The number of rotatable bonds is 2. The number of hydrogen-bond donors (Lipinski definition) is 1.